The van der Waals surface area contributed by atoms with Crippen molar-refractivity contribution in [3.05, 3.63) is 84.4 Å². The van der Waals surface area contributed by atoms with Crippen molar-refractivity contribution in [1.82, 2.24) is 14.5 Å². The molecule has 6 heteroatoms. The maximum absolute atomic E-state index is 13.5. The standard InChI is InChI=1S/C24H24N4O2/c1-26-15-7-11-20(26)22(29)27-16-12-24(13-17-27)21(19-10-5-6-14-25-19)28(23(24)30)18-8-3-2-4-9-18/h2-11,14-15,21H,12-13,16-17H2,1H3. The van der Waals surface area contributed by atoms with Gasteiger partial charge in [0.25, 0.3) is 5.91 Å². The number of rotatable bonds is 3. The molecule has 1 unspecified atom stereocenters. The Morgan fingerprint density at radius 2 is 1.73 bits per heavy atom. The van der Waals surface area contributed by atoms with Gasteiger partial charge in [0.05, 0.1) is 17.2 Å². The molecule has 2 fully saturated rings. The van der Waals surface area contributed by atoms with Crippen LogP contribution in [0.15, 0.2) is 73.1 Å². The van der Waals surface area contributed by atoms with Gasteiger partial charge in [-0.25, -0.2) is 0 Å². The first-order valence-corrected chi connectivity index (χ1v) is 10.3. The third kappa shape index (κ3) is 2.75. The van der Waals surface area contributed by atoms with E-state index < -0.39 is 5.41 Å². The zero-order valence-electron chi connectivity index (χ0n) is 16.9. The fourth-order valence-corrected chi connectivity index (χ4v) is 4.90. The van der Waals surface area contributed by atoms with Crippen molar-refractivity contribution in [1.29, 1.82) is 0 Å². The minimum Gasteiger partial charge on any atom is -0.347 e. The predicted molar refractivity (Wildman–Crippen MR) is 114 cm³/mol. The van der Waals surface area contributed by atoms with Gasteiger partial charge in [0.15, 0.2) is 0 Å². The van der Waals surface area contributed by atoms with Crippen molar-refractivity contribution in [3.8, 4) is 0 Å². The molecule has 0 radical (unpaired) electrons. The summed E-state index contributed by atoms with van der Waals surface area (Å²) < 4.78 is 1.84. The van der Waals surface area contributed by atoms with Crippen molar-refractivity contribution >= 4 is 17.5 Å². The van der Waals surface area contributed by atoms with Gasteiger partial charge in [-0.3, -0.25) is 14.6 Å². The largest absolute Gasteiger partial charge is 0.347 e. The van der Waals surface area contributed by atoms with Crippen LogP contribution in [-0.4, -0.2) is 39.4 Å². The third-order valence-electron chi connectivity index (χ3n) is 6.53. The number of carbonyl (C=O) groups is 2. The van der Waals surface area contributed by atoms with E-state index in [1.165, 1.54) is 0 Å². The molecule has 6 nitrogen and oxygen atoms in total. The Bertz CT molecular complexity index is 1070. The molecule has 4 heterocycles. The van der Waals surface area contributed by atoms with E-state index in [4.69, 9.17) is 0 Å². The van der Waals surface area contributed by atoms with E-state index in [1.54, 1.807) is 6.20 Å². The number of hydrogen-bond acceptors (Lipinski definition) is 3. The maximum Gasteiger partial charge on any atom is 0.270 e. The highest BCUT2D eigenvalue weighted by Gasteiger charge is 2.62. The summed E-state index contributed by atoms with van der Waals surface area (Å²) in [5.74, 6) is 0.161. The lowest BCUT2D eigenvalue weighted by Gasteiger charge is -2.58. The molecule has 1 spiro atoms. The van der Waals surface area contributed by atoms with Crippen LogP contribution in [0.1, 0.15) is 35.1 Å². The number of piperidine rings is 1. The Labute approximate surface area is 175 Å². The van der Waals surface area contributed by atoms with Gasteiger partial charge in [0.2, 0.25) is 5.91 Å². The smallest absolute Gasteiger partial charge is 0.270 e. The van der Waals surface area contributed by atoms with Crippen molar-refractivity contribution in [2.24, 2.45) is 12.5 Å². The highest BCUT2D eigenvalue weighted by atomic mass is 16.2. The Kier molecular flexibility index (Phi) is 4.42. The number of benzene rings is 1. The Balaban J connectivity index is 1.43. The minimum atomic E-state index is -0.505. The van der Waals surface area contributed by atoms with Crippen LogP contribution < -0.4 is 4.90 Å². The number of hydrogen-bond donors (Lipinski definition) is 0. The number of nitrogens with zero attached hydrogens (tertiary/aromatic N) is 4. The summed E-state index contributed by atoms with van der Waals surface area (Å²) in [4.78, 5) is 34.7. The number of aromatic nitrogens is 2. The lowest BCUT2D eigenvalue weighted by Crippen LogP contribution is -2.67. The monoisotopic (exact) mass is 400 g/mol. The quantitative estimate of drug-likeness (QED) is 0.633. The molecule has 1 atom stereocenters. The van der Waals surface area contributed by atoms with Crippen LogP contribution in [0.3, 0.4) is 0 Å². The summed E-state index contributed by atoms with van der Waals surface area (Å²) in [6, 6.07) is 19.3. The van der Waals surface area contributed by atoms with Gasteiger partial charge in [-0.2, -0.15) is 0 Å². The first-order chi connectivity index (χ1) is 14.6. The molecule has 2 aromatic heterocycles. The van der Waals surface area contributed by atoms with Gasteiger partial charge >= 0.3 is 0 Å². The fourth-order valence-electron chi connectivity index (χ4n) is 4.90. The van der Waals surface area contributed by atoms with Gasteiger partial charge in [-0.15, -0.1) is 0 Å². The van der Waals surface area contributed by atoms with Crippen LogP contribution in [0.5, 0.6) is 0 Å². The maximum atomic E-state index is 13.5. The van der Waals surface area contributed by atoms with Crippen LogP contribution >= 0.6 is 0 Å². The first-order valence-electron chi connectivity index (χ1n) is 10.3. The molecule has 30 heavy (non-hydrogen) atoms. The van der Waals surface area contributed by atoms with Gasteiger partial charge in [-0.1, -0.05) is 24.3 Å². The van der Waals surface area contributed by atoms with Crippen LogP contribution in [-0.2, 0) is 11.8 Å². The summed E-state index contributed by atoms with van der Waals surface area (Å²) in [5.41, 5.74) is 1.97. The fraction of sp³-hybridized carbons (Fsp3) is 0.292. The first kappa shape index (κ1) is 18.6. The molecule has 0 bridgehead atoms. The molecule has 5 rings (SSSR count). The van der Waals surface area contributed by atoms with Crippen molar-refractivity contribution in [2.45, 2.75) is 18.9 Å². The van der Waals surface area contributed by atoms with E-state index in [-0.39, 0.29) is 17.9 Å². The molecule has 2 aliphatic rings. The lowest BCUT2D eigenvalue weighted by atomic mass is 9.63. The van der Waals surface area contributed by atoms with Gasteiger partial charge in [-0.05, 0) is 49.2 Å². The highest BCUT2D eigenvalue weighted by molar-refractivity contribution is 6.06. The summed E-state index contributed by atoms with van der Waals surface area (Å²) in [6.07, 6.45) is 4.95. The van der Waals surface area contributed by atoms with E-state index in [0.29, 0.717) is 31.6 Å². The Hall–Kier alpha value is -3.41. The summed E-state index contributed by atoms with van der Waals surface area (Å²) in [5, 5.41) is 0. The molecular weight excluding hydrogens is 376 g/mol. The van der Waals surface area contributed by atoms with Crippen LogP contribution in [0, 0.1) is 5.41 Å². The Morgan fingerprint density at radius 1 is 1.00 bits per heavy atom. The van der Waals surface area contributed by atoms with Crippen LogP contribution in [0.2, 0.25) is 0 Å². The minimum absolute atomic E-state index is 0.0263. The number of carbonyl (C=O) groups excluding carboxylic acids is 2. The second-order valence-electron chi connectivity index (χ2n) is 8.12. The number of likely N-dealkylation sites (tertiary alicyclic amines) is 1. The van der Waals surface area contributed by atoms with Crippen LogP contribution in [0.4, 0.5) is 5.69 Å². The molecule has 0 N–H and O–H groups in total. The summed E-state index contributed by atoms with van der Waals surface area (Å²) in [6.45, 7) is 1.14. The molecule has 1 aromatic carbocycles. The number of amides is 2. The summed E-state index contributed by atoms with van der Waals surface area (Å²) >= 11 is 0. The second-order valence-corrected chi connectivity index (χ2v) is 8.12. The molecule has 3 aromatic rings. The molecule has 0 saturated carbocycles. The molecule has 2 amide bonds. The van der Waals surface area contributed by atoms with Gasteiger partial charge in [0.1, 0.15) is 5.69 Å². The number of pyridine rings is 1. The van der Waals surface area contributed by atoms with E-state index >= 15 is 0 Å². The van der Waals surface area contributed by atoms with E-state index in [2.05, 4.69) is 4.98 Å². The molecule has 2 aliphatic heterocycles. The molecule has 0 aliphatic carbocycles. The Morgan fingerprint density at radius 3 is 2.37 bits per heavy atom. The topological polar surface area (TPSA) is 58.4 Å². The van der Waals surface area contributed by atoms with E-state index in [1.807, 2.05) is 88.3 Å². The van der Waals surface area contributed by atoms with E-state index in [0.717, 1.165) is 11.4 Å². The molecule has 2 saturated heterocycles. The van der Waals surface area contributed by atoms with Crippen molar-refractivity contribution < 1.29 is 9.59 Å². The number of anilines is 1. The lowest BCUT2D eigenvalue weighted by molar-refractivity contribution is -0.144. The average molecular weight is 400 g/mol. The number of β-lactam (4-membered cyclic amide) rings is 1. The normalized spacial score (nSPS) is 20.3. The SMILES string of the molecule is Cn1cccc1C(=O)N1CCC2(CC1)C(=O)N(c1ccccc1)C2c1ccccn1. The number of para-hydroxylation sites is 1. The highest BCUT2D eigenvalue weighted by Crippen LogP contribution is 2.57. The predicted octanol–water partition coefficient (Wildman–Crippen LogP) is 3.43. The van der Waals surface area contributed by atoms with E-state index in [9.17, 15) is 9.59 Å². The van der Waals surface area contributed by atoms with Gasteiger partial charge in [0, 0.05) is 38.2 Å². The zero-order valence-corrected chi connectivity index (χ0v) is 16.9. The van der Waals surface area contributed by atoms with Gasteiger partial charge < -0.3 is 14.4 Å². The average Bonchev–Trinajstić information content (AvgIpc) is 3.23. The molecular formula is C24H24N4O2. The van der Waals surface area contributed by atoms with Crippen LogP contribution in [0.25, 0.3) is 0 Å². The zero-order chi connectivity index (χ0) is 20.7. The third-order valence-corrected chi connectivity index (χ3v) is 6.53. The molecule has 152 valence electrons. The van der Waals surface area contributed by atoms with Crippen molar-refractivity contribution in [3.63, 3.8) is 0 Å². The number of aryl methyl sites for hydroxylation is 1. The van der Waals surface area contributed by atoms with Crippen molar-refractivity contribution in [2.75, 3.05) is 18.0 Å². The second kappa shape index (κ2) is 7.13. The summed E-state index contributed by atoms with van der Waals surface area (Å²) in [7, 11) is 1.88.